The van der Waals surface area contributed by atoms with E-state index in [1.807, 2.05) is 23.5 Å². The van der Waals surface area contributed by atoms with Crippen LogP contribution >= 0.6 is 23.5 Å². The maximum absolute atomic E-state index is 2.72. The maximum atomic E-state index is 2.72. The molecule has 0 spiro atoms. The van der Waals surface area contributed by atoms with Crippen LogP contribution in [-0.4, -0.2) is 13.4 Å². The van der Waals surface area contributed by atoms with Gasteiger partial charge in [-0.3, -0.25) is 0 Å². The largest absolute Gasteiger partial charge is 0.311 e. The number of benzene rings is 12. The fraction of sp³-hybridized carbons (Fsp3) is 0.258. The first kappa shape index (κ1) is 70.0. The highest BCUT2D eigenvalue weighted by Crippen LogP contribution is 2.53. The Morgan fingerprint density at radius 1 is 0.286 bits per heavy atom. The molecule has 16 rings (SSSR count). The Labute approximate surface area is 635 Å². The second-order valence-electron chi connectivity index (χ2n) is 33.1. The zero-order chi connectivity index (χ0) is 73.2. The second-order valence-corrected chi connectivity index (χ2v) is 35.3. The fourth-order valence-electron chi connectivity index (χ4n) is 16.5. The number of nitrogens with zero attached hydrogens (tertiary/aromatic N) is 4. The molecule has 0 amide bonds. The molecule has 12 aromatic carbocycles. The van der Waals surface area contributed by atoms with Gasteiger partial charge in [0.05, 0.1) is 11.4 Å². The van der Waals surface area contributed by atoms with E-state index in [1.165, 1.54) is 131 Å². The van der Waals surface area contributed by atoms with E-state index < -0.39 is 0 Å². The van der Waals surface area contributed by atoms with Crippen LogP contribution in [0.3, 0.4) is 0 Å². The van der Waals surface area contributed by atoms with E-state index in [2.05, 4.69) is 380 Å². The van der Waals surface area contributed by atoms with Gasteiger partial charge in [-0.05, 0) is 228 Å². The van der Waals surface area contributed by atoms with Crippen LogP contribution in [0.5, 0.6) is 0 Å². The lowest BCUT2D eigenvalue weighted by molar-refractivity contribution is 0.590. The minimum absolute atomic E-state index is 0.0115. The van der Waals surface area contributed by atoms with Crippen LogP contribution in [0.15, 0.2) is 262 Å². The Balaban J connectivity index is 1.01. The lowest BCUT2D eigenvalue weighted by Gasteiger charge is -2.46. The van der Waals surface area contributed by atoms with Gasteiger partial charge >= 0.3 is 0 Å². The lowest BCUT2D eigenvalue weighted by Crippen LogP contribution is -2.64. The molecule has 4 aliphatic heterocycles. The van der Waals surface area contributed by atoms with Crippen molar-refractivity contribution in [3.8, 4) is 11.1 Å². The molecule has 105 heavy (non-hydrogen) atoms. The van der Waals surface area contributed by atoms with Crippen molar-refractivity contribution in [2.75, 3.05) is 19.6 Å². The fourth-order valence-corrected chi connectivity index (χ4v) is 19.0. The summed E-state index contributed by atoms with van der Waals surface area (Å²) < 4.78 is 0. The van der Waals surface area contributed by atoms with E-state index in [4.69, 9.17) is 0 Å². The number of para-hydroxylation sites is 1. The third-order valence-corrected chi connectivity index (χ3v) is 25.1. The number of rotatable bonds is 16. The van der Waals surface area contributed by atoms with Gasteiger partial charge in [-0.25, -0.2) is 0 Å². The molecule has 0 aromatic heterocycles. The van der Waals surface area contributed by atoms with Crippen LogP contribution in [0, 0.1) is 0 Å². The summed E-state index contributed by atoms with van der Waals surface area (Å²) in [6, 6.07) is 96.1. The van der Waals surface area contributed by atoms with Gasteiger partial charge in [0.2, 0.25) is 6.71 Å². The van der Waals surface area contributed by atoms with E-state index in [-0.39, 0.29) is 18.8 Å². The van der Waals surface area contributed by atoms with Gasteiger partial charge in [0.1, 0.15) is 0 Å². The first-order valence-corrected chi connectivity index (χ1v) is 40.2. The molecule has 12 aromatic rings. The molecule has 8 heteroatoms. The minimum Gasteiger partial charge on any atom is -0.311 e. The van der Waals surface area contributed by atoms with E-state index in [0.29, 0.717) is 41.4 Å². The third kappa shape index (κ3) is 12.6. The van der Waals surface area contributed by atoms with Gasteiger partial charge < -0.3 is 19.6 Å². The summed E-state index contributed by atoms with van der Waals surface area (Å²) in [5, 5.41) is 0. The van der Waals surface area contributed by atoms with Gasteiger partial charge in [0.15, 0.2) is 0 Å². The van der Waals surface area contributed by atoms with Crippen molar-refractivity contribution in [1.82, 2.24) is 0 Å². The first-order valence-electron chi connectivity index (χ1n) is 38.5. The van der Waals surface area contributed by atoms with Crippen molar-refractivity contribution in [3.05, 3.63) is 287 Å². The molecule has 0 radical (unpaired) electrons. The zero-order valence-corrected chi connectivity index (χ0v) is 66.0. The van der Waals surface area contributed by atoms with Crippen molar-refractivity contribution < 1.29 is 0 Å². The highest BCUT2D eigenvalue weighted by Gasteiger charge is 2.48. The Kier molecular flexibility index (Phi) is 18.4. The topological polar surface area (TPSA) is 13.0 Å². The van der Waals surface area contributed by atoms with Gasteiger partial charge in [-0.2, -0.15) is 0 Å². The molecule has 0 bridgehead atoms. The standard InChI is InChI=1S/C97H98B2N4S2/c1-58(2)65-24-38-74(39-25-65)100(75-40-26-66(27-41-75)59(3)4)79-52-89-95-90(53-79)103(86-21-19-18-20-81(86)70-22-36-73(37-23-70)97(15,16)17)88-57-92-85(56-83(88)98(95)82-50-71(63(11)12)34-48-87(82)102(89)78-46-32-69(33-47-78)62(9)10)99-84-51-72(64(13)14)35-49-91(84)104-93-54-80(55-94(105-92)96(93)99)101(76-42-28-67(29-43-76)60(5)6)77-44-30-68(31-45-77)61(7)8/h18-64H,1-17H3. The maximum Gasteiger partial charge on any atom is 0.252 e. The van der Waals surface area contributed by atoms with Crippen molar-refractivity contribution >= 4 is 138 Å². The summed E-state index contributed by atoms with van der Waals surface area (Å²) in [5.74, 6) is 2.64. The predicted molar refractivity (Wildman–Crippen MR) is 458 cm³/mol. The van der Waals surface area contributed by atoms with Crippen LogP contribution in [0.1, 0.15) is 204 Å². The van der Waals surface area contributed by atoms with Crippen LogP contribution in [-0.2, 0) is 5.41 Å². The van der Waals surface area contributed by atoms with Crippen LogP contribution in [0.25, 0.3) is 11.1 Å². The van der Waals surface area contributed by atoms with Crippen molar-refractivity contribution in [3.63, 3.8) is 0 Å². The summed E-state index contributed by atoms with van der Waals surface area (Å²) in [4.78, 5) is 15.6. The average molecular weight is 1410 g/mol. The summed E-state index contributed by atoms with van der Waals surface area (Å²) >= 11 is 3.93. The Bertz CT molecular complexity index is 5180. The third-order valence-electron chi connectivity index (χ3n) is 22.8. The van der Waals surface area contributed by atoms with E-state index >= 15 is 0 Å². The number of hydrogen-bond donors (Lipinski definition) is 0. The minimum atomic E-state index is -0.159. The Morgan fingerprint density at radius 2 is 0.676 bits per heavy atom. The molecule has 0 fully saturated rings. The SMILES string of the molecule is CC(C)c1ccc(N(c2ccc(C(C)C)cc2)c2cc3c4c(c2)Sc2cc5c(cc2B4c2cc(C(C)C)ccc2S3)B2c3cc(C(C)C)ccc3N(c3ccc(C(C)C)cc3)c3cc(N(c4ccc(C(C)C)cc4)c4ccc(C(C)C)cc4)cc(c32)N5c2ccccc2-c2ccc(C(C)(C)C)cc2)cc1. The highest BCUT2D eigenvalue weighted by molar-refractivity contribution is 8.01. The highest BCUT2D eigenvalue weighted by atomic mass is 32.2. The van der Waals surface area contributed by atoms with Crippen molar-refractivity contribution in [1.29, 1.82) is 0 Å². The van der Waals surface area contributed by atoms with Gasteiger partial charge in [-0.15, -0.1) is 0 Å². The molecular weight excluding hydrogens is 1310 g/mol. The van der Waals surface area contributed by atoms with Crippen LogP contribution < -0.4 is 52.4 Å². The van der Waals surface area contributed by atoms with Crippen molar-refractivity contribution in [2.45, 2.75) is 184 Å². The van der Waals surface area contributed by atoms with Gasteiger partial charge in [-0.1, -0.05) is 286 Å². The molecular formula is C97H98B2N4S2. The monoisotopic (exact) mass is 1400 g/mol. The van der Waals surface area contributed by atoms with Crippen molar-refractivity contribution in [2.24, 2.45) is 0 Å². The zero-order valence-electron chi connectivity index (χ0n) is 64.4. The van der Waals surface area contributed by atoms with Gasteiger partial charge in [0, 0.05) is 82.0 Å². The molecule has 4 heterocycles. The second kappa shape index (κ2) is 27.5. The summed E-state index contributed by atoms with van der Waals surface area (Å²) in [7, 11) is 0. The number of fused-ring (bicyclic) bond motifs is 8. The Hall–Kier alpha value is -9.33. The number of hydrogen-bond acceptors (Lipinski definition) is 6. The smallest absolute Gasteiger partial charge is 0.252 e. The molecule has 0 unspecified atom stereocenters. The molecule has 4 aliphatic rings. The quantitative estimate of drug-likeness (QED) is 0.0888. The van der Waals surface area contributed by atoms with E-state index in [0.717, 1.165) is 45.5 Å². The van der Waals surface area contributed by atoms with Gasteiger partial charge in [0.25, 0.3) is 6.71 Å². The molecule has 0 atom stereocenters. The molecule has 4 nitrogen and oxygen atoms in total. The van der Waals surface area contributed by atoms with E-state index in [9.17, 15) is 0 Å². The normalized spacial score (nSPS) is 13.4. The van der Waals surface area contributed by atoms with Crippen LogP contribution in [0.4, 0.5) is 68.2 Å². The summed E-state index contributed by atoms with van der Waals surface area (Å²) in [6.07, 6.45) is 0. The molecule has 0 aliphatic carbocycles. The van der Waals surface area contributed by atoms with Crippen LogP contribution in [0.2, 0.25) is 0 Å². The first-order chi connectivity index (χ1) is 50.5. The summed E-state index contributed by atoms with van der Waals surface area (Å²) in [6.45, 7) is 39.1. The molecule has 0 N–H and O–H groups in total. The average Bonchev–Trinajstić information content (AvgIpc) is 0.688. The molecule has 0 saturated heterocycles. The lowest BCUT2D eigenvalue weighted by atomic mass is 9.31. The molecule has 0 saturated carbocycles. The van der Waals surface area contributed by atoms with E-state index in [1.54, 1.807) is 0 Å². The summed E-state index contributed by atoms with van der Waals surface area (Å²) in [5.41, 5.74) is 34.9. The number of anilines is 12. The predicted octanol–water partition coefficient (Wildman–Crippen LogP) is 25.0. The molecule has 524 valence electrons. The Morgan fingerprint density at radius 3 is 1.15 bits per heavy atom.